The van der Waals surface area contributed by atoms with Crippen LogP contribution in [0.3, 0.4) is 0 Å². The third kappa shape index (κ3) is 4.04. The Morgan fingerprint density at radius 1 is 0.514 bits per heavy atom. The normalized spacial score (nSPS) is 14.8. The zero-order valence-corrected chi connectivity index (χ0v) is 21.3. The van der Waals surface area contributed by atoms with Crippen molar-refractivity contribution in [2.24, 2.45) is 0 Å². The lowest BCUT2D eigenvalue weighted by atomic mass is 9.84. The molecule has 0 saturated heterocycles. The van der Waals surface area contributed by atoms with E-state index in [1.807, 2.05) is 127 Å². The fourth-order valence-corrected chi connectivity index (χ4v) is 8.31. The van der Waals surface area contributed by atoms with Crippen LogP contribution in [0.1, 0.15) is 23.1 Å². The molecule has 37 heavy (non-hydrogen) atoms. The third-order valence-electron chi connectivity index (χ3n) is 7.09. The van der Waals surface area contributed by atoms with E-state index in [4.69, 9.17) is 4.74 Å². The Bertz CT molecular complexity index is 1480. The number of rotatable bonds is 6. The summed E-state index contributed by atoms with van der Waals surface area (Å²) in [6.45, 7) is 0. The van der Waals surface area contributed by atoms with E-state index >= 15 is 4.57 Å². The van der Waals surface area contributed by atoms with E-state index in [1.165, 1.54) is 0 Å². The van der Waals surface area contributed by atoms with E-state index in [-0.39, 0.29) is 0 Å². The molecule has 0 bridgehead atoms. The molecule has 0 saturated carbocycles. The van der Waals surface area contributed by atoms with Gasteiger partial charge in [0, 0.05) is 39.0 Å². The summed E-state index contributed by atoms with van der Waals surface area (Å²) in [6.07, 6.45) is 0.478. The fraction of sp³-hybridized carbons (Fsp3) is 0.0588. The molecule has 6 rings (SSSR count). The van der Waals surface area contributed by atoms with E-state index in [2.05, 4.69) is 24.3 Å². The minimum absolute atomic E-state index is 0.478. The molecule has 5 aromatic rings. The van der Waals surface area contributed by atoms with Gasteiger partial charge in [0.05, 0.1) is 0 Å². The van der Waals surface area contributed by atoms with Crippen LogP contribution in [0.2, 0.25) is 0 Å². The summed E-state index contributed by atoms with van der Waals surface area (Å²) < 4.78 is 22.7. The smallest absolute Gasteiger partial charge is 0.170 e. The van der Waals surface area contributed by atoms with Gasteiger partial charge >= 0.3 is 0 Å². The van der Waals surface area contributed by atoms with Gasteiger partial charge in [-0.2, -0.15) is 0 Å². The van der Waals surface area contributed by atoms with Gasteiger partial charge in [-0.3, -0.25) is 0 Å². The Morgan fingerprint density at radius 3 is 1.32 bits per heavy atom. The van der Waals surface area contributed by atoms with Crippen LogP contribution < -0.4 is 10.6 Å². The molecular formula is C34H27O2P. The van der Waals surface area contributed by atoms with Gasteiger partial charge in [0.25, 0.3) is 0 Å². The Labute approximate surface area is 218 Å². The van der Waals surface area contributed by atoms with Crippen molar-refractivity contribution in [2.75, 3.05) is 0 Å². The first kappa shape index (κ1) is 23.3. The Hall–Kier alpha value is -4.13. The third-order valence-corrected chi connectivity index (χ3v) is 10.3. The molecule has 0 atom stereocenters. The van der Waals surface area contributed by atoms with Gasteiger partial charge in [0.15, 0.2) is 12.7 Å². The fourth-order valence-electron chi connectivity index (χ4n) is 5.29. The highest BCUT2D eigenvalue weighted by Gasteiger charge is 2.50. The first-order valence-corrected chi connectivity index (χ1v) is 14.2. The van der Waals surface area contributed by atoms with Crippen LogP contribution in [-0.2, 0) is 14.9 Å². The maximum atomic E-state index is 15.6. The van der Waals surface area contributed by atoms with Gasteiger partial charge in [-0.15, -0.1) is 0 Å². The highest BCUT2D eigenvalue weighted by atomic mass is 31.2. The zero-order valence-electron chi connectivity index (χ0n) is 20.4. The van der Waals surface area contributed by atoms with Crippen molar-refractivity contribution in [3.8, 4) is 0 Å². The first-order chi connectivity index (χ1) is 18.2. The van der Waals surface area contributed by atoms with Crippen LogP contribution in [0.5, 0.6) is 0 Å². The molecule has 0 aromatic heterocycles. The molecular weight excluding hydrogens is 471 g/mol. The summed E-state index contributed by atoms with van der Waals surface area (Å²) in [5.74, 6) is 0.698. The van der Waals surface area contributed by atoms with Crippen molar-refractivity contribution < 1.29 is 9.30 Å². The predicted molar refractivity (Wildman–Crippen MR) is 152 cm³/mol. The van der Waals surface area contributed by atoms with Crippen molar-refractivity contribution >= 4 is 23.5 Å². The van der Waals surface area contributed by atoms with Crippen molar-refractivity contribution in [1.82, 2.24) is 0 Å². The lowest BCUT2D eigenvalue weighted by Crippen LogP contribution is -2.28. The molecule has 0 N–H and O–H groups in total. The minimum Gasteiger partial charge on any atom is -0.476 e. The predicted octanol–water partition coefficient (Wildman–Crippen LogP) is 7.73. The van der Waals surface area contributed by atoms with E-state index < -0.39 is 12.7 Å². The average Bonchev–Trinajstić information content (AvgIpc) is 3.42. The van der Waals surface area contributed by atoms with Crippen molar-refractivity contribution in [3.05, 3.63) is 174 Å². The molecule has 1 aliphatic rings. The highest BCUT2D eigenvalue weighted by Crippen LogP contribution is 2.63. The lowest BCUT2D eigenvalue weighted by Gasteiger charge is -2.31. The molecule has 0 amide bonds. The van der Waals surface area contributed by atoms with Crippen LogP contribution in [0.15, 0.2) is 157 Å². The van der Waals surface area contributed by atoms with Gasteiger partial charge in [-0.05, 0) is 0 Å². The molecule has 1 heterocycles. The second-order valence-corrected chi connectivity index (χ2v) is 12.1. The number of hydrogen-bond donors (Lipinski definition) is 0. The minimum atomic E-state index is -3.26. The highest BCUT2D eigenvalue weighted by molar-refractivity contribution is 7.82. The lowest BCUT2D eigenvalue weighted by molar-refractivity contribution is 0.101. The van der Waals surface area contributed by atoms with Gasteiger partial charge < -0.3 is 9.30 Å². The van der Waals surface area contributed by atoms with Gasteiger partial charge in [-0.1, -0.05) is 152 Å². The van der Waals surface area contributed by atoms with Gasteiger partial charge in [0.2, 0.25) is 0 Å². The summed E-state index contributed by atoms with van der Waals surface area (Å²) in [4.78, 5) is 0. The molecule has 0 unspecified atom stereocenters. The van der Waals surface area contributed by atoms with Crippen molar-refractivity contribution in [3.63, 3.8) is 0 Å². The Morgan fingerprint density at radius 2 is 0.892 bits per heavy atom. The van der Waals surface area contributed by atoms with Gasteiger partial charge in [-0.25, -0.2) is 0 Å². The zero-order chi connectivity index (χ0) is 25.1. The second-order valence-electron chi connectivity index (χ2n) is 9.26. The number of ether oxygens (including phenoxy) is 1. The molecule has 0 fully saturated rings. The Kier molecular flexibility index (Phi) is 6.12. The molecule has 180 valence electrons. The summed E-state index contributed by atoms with van der Waals surface area (Å²) >= 11 is 0. The summed E-state index contributed by atoms with van der Waals surface area (Å²) in [7, 11) is -3.26. The monoisotopic (exact) mass is 498 g/mol. The van der Waals surface area contributed by atoms with Crippen molar-refractivity contribution in [2.45, 2.75) is 12.0 Å². The van der Waals surface area contributed by atoms with E-state index in [9.17, 15) is 0 Å². The van der Waals surface area contributed by atoms with Crippen LogP contribution in [0.25, 0.3) is 5.76 Å². The maximum Gasteiger partial charge on any atom is 0.170 e. The van der Waals surface area contributed by atoms with E-state index in [1.54, 1.807) is 0 Å². The maximum absolute atomic E-state index is 15.6. The number of hydrogen-bond acceptors (Lipinski definition) is 2. The molecule has 0 aliphatic carbocycles. The van der Waals surface area contributed by atoms with E-state index in [0.29, 0.717) is 12.2 Å². The summed E-state index contributed by atoms with van der Waals surface area (Å²) in [5, 5.41) is 2.46. The SMILES string of the molecule is O=P(C1=C(c2ccccc2)OC(c2ccccc2)(c2ccccc2)C1)(c1ccccc1)c1ccccc1. The van der Waals surface area contributed by atoms with Crippen LogP contribution in [0, 0.1) is 0 Å². The summed E-state index contributed by atoms with van der Waals surface area (Å²) in [5.41, 5.74) is 2.20. The van der Waals surface area contributed by atoms with Gasteiger partial charge in [0.1, 0.15) is 5.76 Å². The Balaban J connectivity index is 1.66. The molecule has 0 radical (unpaired) electrons. The molecule has 5 aromatic carbocycles. The standard InChI is InChI=1S/C34H27O2P/c35-37(30-22-12-4-13-23-30,31-24-14-5-15-25-31)32-26-34(28-18-8-2-9-19-28,29-20-10-3-11-21-29)36-33(32)27-16-6-1-7-17-27/h1-25H,26H2. The van der Waals surface area contributed by atoms with Crippen molar-refractivity contribution in [1.29, 1.82) is 0 Å². The van der Waals surface area contributed by atoms with E-state index in [0.717, 1.165) is 32.6 Å². The number of benzene rings is 5. The summed E-state index contributed by atoms with van der Waals surface area (Å²) in [6, 6.07) is 50.4. The largest absolute Gasteiger partial charge is 0.476 e. The molecule has 0 spiro atoms. The van der Waals surface area contributed by atoms with Crippen LogP contribution in [0.4, 0.5) is 0 Å². The topological polar surface area (TPSA) is 26.3 Å². The first-order valence-electron chi connectivity index (χ1n) is 12.5. The average molecular weight is 499 g/mol. The van der Waals surface area contributed by atoms with Crippen LogP contribution >= 0.6 is 7.14 Å². The quantitative estimate of drug-likeness (QED) is 0.224. The molecule has 3 heteroatoms. The van der Waals surface area contributed by atoms with Crippen LogP contribution in [-0.4, -0.2) is 0 Å². The molecule has 1 aliphatic heterocycles. The molecule has 2 nitrogen and oxygen atoms in total. The second kappa shape index (κ2) is 9.73.